The number of nitrogens with one attached hydrogen (secondary N) is 1. The Bertz CT molecular complexity index is 921. The summed E-state index contributed by atoms with van der Waals surface area (Å²) in [5.74, 6) is -2.77. The topological polar surface area (TPSA) is 83.5 Å². The molecular weight excluding hydrogens is 390 g/mol. The van der Waals surface area contributed by atoms with E-state index >= 15 is 0 Å². The first-order chi connectivity index (χ1) is 12.3. The van der Waals surface area contributed by atoms with E-state index in [-0.39, 0.29) is 10.6 Å². The van der Waals surface area contributed by atoms with E-state index in [1.807, 2.05) is 0 Å². The van der Waals surface area contributed by atoms with Crippen molar-refractivity contribution in [3.8, 4) is 0 Å². The van der Waals surface area contributed by atoms with Crippen LogP contribution in [-0.2, 0) is 20.8 Å². The Morgan fingerprint density at radius 3 is 2.04 bits per heavy atom. The number of anilines is 1. The quantitative estimate of drug-likeness (QED) is 0.592. The Morgan fingerprint density at radius 2 is 1.56 bits per heavy atom. The van der Waals surface area contributed by atoms with E-state index in [9.17, 15) is 35.9 Å². The second-order valence-electron chi connectivity index (χ2n) is 6.02. The molecular formula is C17H15F4NO4S. The number of hydrogen-bond donors (Lipinski definition) is 2. The molecule has 0 saturated carbocycles. The molecule has 5 nitrogen and oxygen atoms in total. The summed E-state index contributed by atoms with van der Waals surface area (Å²) in [5, 5.41) is 12.4. The fourth-order valence-corrected chi connectivity index (χ4v) is 3.76. The van der Waals surface area contributed by atoms with Gasteiger partial charge in [-0.2, -0.15) is 13.2 Å². The van der Waals surface area contributed by atoms with Crippen molar-refractivity contribution in [2.45, 2.75) is 23.6 Å². The van der Waals surface area contributed by atoms with Gasteiger partial charge in [0.15, 0.2) is 15.4 Å². The van der Waals surface area contributed by atoms with Crippen LogP contribution in [0, 0.1) is 5.82 Å². The lowest BCUT2D eigenvalue weighted by molar-refractivity contribution is -0.137. The van der Waals surface area contributed by atoms with Gasteiger partial charge in [-0.05, 0) is 55.5 Å². The van der Waals surface area contributed by atoms with Crippen molar-refractivity contribution in [2.75, 3.05) is 11.1 Å². The van der Waals surface area contributed by atoms with Crippen molar-refractivity contribution in [2.24, 2.45) is 0 Å². The highest BCUT2D eigenvalue weighted by Crippen LogP contribution is 2.30. The highest BCUT2D eigenvalue weighted by Gasteiger charge is 2.37. The molecule has 10 heteroatoms. The Kier molecular flexibility index (Phi) is 5.62. The van der Waals surface area contributed by atoms with Crippen molar-refractivity contribution in [3.63, 3.8) is 0 Å². The molecule has 2 aromatic carbocycles. The lowest BCUT2D eigenvalue weighted by Gasteiger charge is -2.22. The fraction of sp³-hybridized carbons (Fsp3) is 0.235. The van der Waals surface area contributed by atoms with Crippen LogP contribution in [0.5, 0.6) is 0 Å². The number of hydrogen-bond acceptors (Lipinski definition) is 4. The van der Waals surface area contributed by atoms with Crippen LogP contribution in [0.4, 0.5) is 23.2 Å². The molecule has 0 unspecified atom stereocenters. The number of amides is 1. The zero-order valence-corrected chi connectivity index (χ0v) is 14.7. The van der Waals surface area contributed by atoms with Gasteiger partial charge in [-0.1, -0.05) is 0 Å². The molecule has 0 radical (unpaired) electrons. The van der Waals surface area contributed by atoms with Crippen LogP contribution >= 0.6 is 0 Å². The molecule has 0 aliphatic carbocycles. The first kappa shape index (κ1) is 20.8. The summed E-state index contributed by atoms with van der Waals surface area (Å²) in [4.78, 5) is 11.9. The smallest absolute Gasteiger partial charge is 0.379 e. The summed E-state index contributed by atoms with van der Waals surface area (Å²) in [7, 11) is -4.12. The van der Waals surface area contributed by atoms with Crippen LogP contribution in [0.1, 0.15) is 12.5 Å². The van der Waals surface area contributed by atoms with Crippen molar-refractivity contribution in [1.82, 2.24) is 0 Å². The molecule has 2 N–H and O–H groups in total. The average Bonchev–Trinajstić information content (AvgIpc) is 2.54. The van der Waals surface area contributed by atoms with Gasteiger partial charge >= 0.3 is 6.18 Å². The van der Waals surface area contributed by atoms with Gasteiger partial charge < -0.3 is 10.4 Å². The van der Waals surface area contributed by atoms with Gasteiger partial charge in [-0.15, -0.1) is 0 Å². The average molecular weight is 405 g/mol. The third kappa shape index (κ3) is 5.27. The van der Waals surface area contributed by atoms with E-state index in [4.69, 9.17) is 0 Å². The molecule has 0 aromatic heterocycles. The third-order valence-corrected chi connectivity index (χ3v) is 5.54. The number of sulfone groups is 1. The number of carbonyl (C=O) groups excluding carboxylic acids is 1. The maximum absolute atomic E-state index is 12.9. The predicted molar refractivity (Wildman–Crippen MR) is 89.2 cm³/mol. The Balaban J connectivity index is 2.13. The predicted octanol–water partition coefficient (Wildman–Crippen LogP) is 3.01. The summed E-state index contributed by atoms with van der Waals surface area (Å²) in [6.45, 7) is 0.952. The van der Waals surface area contributed by atoms with Crippen molar-refractivity contribution in [1.29, 1.82) is 0 Å². The van der Waals surface area contributed by atoms with E-state index in [1.54, 1.807) is 0 Å². The maximum atomic E-state index is 12.9. The SMILES string of the molecule is C[C@](O)(CS(=O)(=O)c1ccc(F)cc1)C(=O)Nc1ccc(C(F)(F)F)cc1. The van der Waals surface area contributed by atoms with Crippen molar-refractivity contribution in [3.05, 3.63) is 59.9 Å². The highest BCUT2D eigenvalue weighted by molar-refractivity contribution is 7.91. The Labute approximate surface area is 152 Å². The second kappa shape index (κ2) is 7.28. The number of rotatable bonds is 5. The van der Waals surface area contributed by atoms with Crippen LogP contribution in [0.15, 0.2) is 53.4 Å². The lowest BCUT2D eigenvalue weighted by atomic mass is 10.1. The van der Waals surface area contributed by atoms with Crippen LogP contribution in [0.3, 0.4) is 0 Å². The van der Waals surface area contributed by atoms with Gasteiger partial charge in [-0.25, -0.2) is 12.8 Å². The molecule has 0 bridgehead atoms. The molecule has 0 fully saturated rings. The minimum Gasteiger partial charge on any atom is -0.379 e. The largest absolute Gasteiger partial charge is 0.416 e. The van der Waals surface area contributed by atoms with Crippen LogP contribution < -0.4 is 5.32 Å². The lowest BCUT2D eigenvalue weighted by Crippen LogP contribution is -2.45. The van der Waals surface area contributed by atoms with E-state index in [2.05, 4.69) is 5.32 Å². The number of alkyl halides is 3. The third-order valence-electron chi connectivity index (χ3n) is 3.60. The molecule has 0 saturated heterocycles. The molecule has 146 valence electrons. The normalized spacial score (nSPS) is 14.4. The zero-order valence-electron chi connectivity index (χ0n) is 13.9. The number of aliphatic hydroxyl groups is 1. The zero-order chi connectivity index (χ0) is 20.5. The molecule has 1 amide bonds. The van der Waals surface area contributed by atoms with Gasteiger partial charge in [0.05, 0.1) is 16.2 Å². The fourth-order valence-electron chi connectivity index (χ4n) is 2.17. The summed E-state index contributed by atoms with van der Waals surface area (Å²) < 4.78 is 75.1. The highest BCUT2D eigenvalue weighted by atomic mass is 32.2. The minimum atomic E-state index is -4.54. The minimum absolute atomic E-state index is 0.0487. The van der Waals surface area contributed by atoms with E-state index in [0.29, 0.717) is 0 Å². The van der Waals surface area contributed by atoms with Gasteiger partial charge in [-0.3, -0.25) is 4.79 Å². The van der Waals surface area contributed by atoms with Crippen LogP contribution in [0.25, 0.3) is 0 Å². The Morgan fingerprint density at radius 1 is 1.04 bits per heavy atom. The number of carbonyl (C=O) groups is 1. The second-order valence-corrected chi connectivity index (χ2v) is 8.01. The maximum Gasteiger partial charge on any atom is 0.416 e. The monoisotopic (exact) mass is 405 g/mol. The number of benzene rings is 2. The van der Waals surface area contributed by atoms with Crippen molar-refractivity contribution < 1.29 is 35.9 Å². The molecule has 0 heterocycles. The Hall–Kier alpha value is -2.46. The van der Waals surface area contributed by atoms with Gasteiger partial charge in [0.1, 0.15) is 5.82 Å². The summed E-state index contributed by atoms with van der Waals surface area (Å²) in [5.41, 5.74) is -3.35. The molecule has 0 aliphatic rings. The molecule has 1 atom stereocenters. The van der Waals surface area contributed by atoms with Crippen LogP contribution in [0.2, 0.25) is 0 Å². The summed E-state index contributed by atoms with van der Waals surface area (Å²) in [6.07, 6.45) is -4.54. The van der Waals surface area contributed by atoms with Gasteiger partial charge in [0.2, 0.25) is 0 Å². The number of halogens is 4. The standard InChI is InChI=1S/C17H15F4NO4S/c1-16(24,10-27(25,26)14-8-4-12(18)5-9-14)15(23)22-13-6-2-11(3-7-13)17(19,20)21/h2-9,24H,10H2,1H3,(H,22,23)/t16-/m0/s1. The van der Waals surface area contributed by atoms with E-state index in [0.717, 1.165) is 55.5 Å². The molecule has 2 aromatic rings. The molecule has 0 aliphatic heterocycles. The molecule has 27 heavy (non-hydrogen) atoms. The summed E-state index contributed by atoms with van der Waals surface area (Å²) >= 11 is 0. The first-order valence-electron chi connectivity index (χ1n) is 7.51. The van der Waals surface area contributed by atoms with Crippen molar-refractivity contribution >= 4 is 21.4 Å². The first-order valence-corrected chi connectivity index (χ1v) is 9.16. The van der Waals surface area contributed by atoms with Crippen LogP contribution in [-0.4, -0.2) is 30.8 Å². The van der Waals surface area contributed by atoms with Gasteiger partial charge in [0, 0.05) is 5.69 Å². The van der Waals surface area contributed by atoms with Gasteiger partial charge in [0.25, 0.3) is 5.91 Å². The van der Waals surface area contributed by atoms with E-state index in [1.165, 1.54) is 0 Å². The summed E-state index contributed by atoms with van der Waals surface area (Å²) in [6, 6.07) is 7.26. The molecule has 0 spiro atoms. The van der Waals surface area contributed by atoms with E-state index < -0.39 is 44.7 Å². The molecule has 2 rings (SSSR count).